The van der Waals surface area contributed by atoms with Gasteiger partial charge in [0.05, 0.1) is 6.61 Å². The number of aromatic nitrogens is 2. The van der Waals surface area contributed by atoms with Crippen molar-refractivity contribution in [2.75, 3.05) is 13.2 Å². The minimum atomic E-state index is -0.923. The van der Waals surface area contributed by atoms with Gasteiger partial charge in [0.2, 0.25) is 0 Å². The Morgan fingerprint density at radius 3 is 1.91 bits per heavy atom. The largest absolute Gasteiger partial charge is 0.494 e. The fourth-order valence-corrected chi connectivity index (χ4v) is 3.67. The Labute approximate surface area is 203 Å². The van der Waals surface area contributed by atoms with Crippen LogP contribution in [0.4, 0.5) is 4.39 Å². The van der Waals surface area contributed by atoms with Gasteiger partial charge in [0.15, 0.2) is 5.82 Å². The smallest absolute Gasteiger partial charge is 0.159 e. The summed E-state index contributed by atoms with van der Waals surface area (Å²) < 4.78 is 25.3. The highest BCUT2D eigenvalue weighted by Gasteiger charge is 2.08. The zero-order valence-corrected chi connectivity index (χ0v) is 20.5. The third-order valence-corrected chi connectivity index (χ3v) is 5.77. The van der Waals surface area contributed by atoms with Crippen molar-refractivity contribution in [3.8, 4) is 34.0 Å². The second-order valence-electron chi connectivity index (χ2n) is 8.66. The number of unbranched alkanes of at least 4 members (excludes halogenated alkanes) is 5. The predicted molar refractivity (Wildman–Crippen MR) is 137 cm³/mol. The first kappa shape index (κ1) is 25.7. The highest BCUT2D eigenvalue weighted by Crippen LogP contribution is 2.24. The Morgan fingerprint density at radius 1 is 0.676 bits per heavy atom. The lowest BCUT2D eigenvalue weighted by atomic mass is 10.1. The van der Waals surface area contributed by atoms with Crippen LogP contribution in [0.5, 0.6) is 11.5 Å². The number of ether oxygens (including phenoxy) is 2. The number of benzene rings is 2. The molecule has 1 heterocycles. The van der Waals surface area contributed by atoms with E-state index in [-0.39, 0.29) is 6.61 Å². The van der Waals surface area contributed by atoms with Crippen LogP contribution in [-0.2, 0) is 0 Å². The van der Waals surface area contributed by atoms with Crippen molar-refractivity contribution in [3.05, 3.63) is 60.9 Å². The Bertz CT molecular complexity index is 943. The summed E-state index contributed by atoms with van der Waals surface area (Å²) in [5.74, 6) is 2.19. The zero-order valence-electron chi connectivity index (χ0n) is 20.5. The molecule has 0 saturated carbocycles. The van der Waals surface area contributed by atoms with Gasteiger partial charge in [-0.2, -0.15) is 0 Å². The summed E-state index contributed by atoms with van der Waals surface area (Å²) in [6, 6.07) is 15.5. The summed E-state index contributed by atoms with van der Waals surface area (Å²) >= 11 is 0. The molecule has 0 radical (unpaired) electrons. The van der Waals surface area contributed by atoms with Gasteiger partial charge in [0.25, 0.3) is 0 Å². The maximum atomic E-state index is 13.9. The molecule has 0 saturated heterocycles. The third-order valence-electron chi connectivity index (χ3n) is 5.77. The lowest BCUT2D eigenvalue weighted by Gasteiger charge is -2.11. The normalized spacial score (nSPS) is 11.9. The number of hydrogen-bond donors (Lipinski definition) is 0. The number of rotatable bonds is 15. The molecule has 0 aliphatic heterocycles. The average Bonchev–Trinajstić information content (AvgIpc) is 2.88. The third kappa shape index (κ3) is 8.44. The van der Waals surface area contributed by atoms with Gasteiger partial charge in [-0.1, -0.05) is 64.5 Å². The van der Waals surface area contributed by atoms with Crippen molar-refractivity contribution in [3.63, 3.8) is 0 Å². The van der Waals surface area contributed by atoms with Crippen molar-refractivity contribution in [1.82, 2.24) is 9.97 Å². The monoisotopic (exact) mass is 464 g/mol. The van der Waals surface area contributed by atoms with Crippen LogP contribution in [0.25, 0.3) is 22.5 Å². The highest BCUT2D eigenvalue weighted by molar-refractivity contribution is 5.64. The van der Waals surface area contributed by atoms with Crippen molar-refractivity contribution < 1.29 is 13.9 Å². The molecule has 34 heavy (non-hydrogen) atoms. The van der Waals surface area contributed by atoms with Crippen molar-refractivity contribution >= 4 is 0 Å². The molecule has 3 rings (SSSR count). The highest BCUT2D eigenvalue weighted by atomic mass is 19.1. The number of alkyl halides is 1. The Hall–Kier alpha value is -2.95. The van der Waals surface area contributed by atoms with E-state index in [9.17, 15) is 4.39 Å². The molecular formula is C29H37FN2O2. The van der Waals surface area contributed by atoms with Crippen LogP contribution in [0.15, 0.2) is 60.9 Å². The van der Waals surface area contributed by atoms with Crippen molar-refractivity contribution in [2.24, 2.45) is 0 Å². The average molecular weight is 465 g/mol. The van der Waals surface area contributed by atoms with E-state index in [4.69, 9.17) is 9.47 Å². The molecule has 1 unspecified atom stereocenters. The van der Waals surface area contributed by atoms with E-state index in [1.165, 1.54) is 19.3 Å². The fourth-order valence-electron chi connectivity index (χ4n) is 3.67. The van der Waals surface area contributed by atoms with Crippen LogP contribution in [0.2, 0.25) is 0 Å². The molecule has 2 aromatic carbocycles. The maximum Gasteiger partial charge on any atom is 0.159 e. The Balaban J connectivity index is 1.50. The summed E-state index contributed by atoms with van der Waals surface area (Å²) in [6.45, 7) is 5.18. The second-order valence-corrected chi connectivity index (χ2v) is 8.66. The minimum Gasteiger partial charge on any atom is -0.494 e. The van der Waals surface area contributed by atoms with Gasteiger partial charge in [0, 0.05) is 23.5 Å². The molecule has 4 nitrogen and oxygen atoms in total. The number of halogens is 1. The van der Waals surface area contributed by atoms with E-state index in [1.807, 2.05) is 60.9 Å². The van der Waals surface area contributed by atoms with Gasteiger partial charge in [-0.05, 0) is 54.8 Å². The fraction of sp³-hybridized carbons (Fsp3) is 0.448. The van der Waals surface area contributed by atoms with Gasteiger partial charge in [-0.25, -0.2) is 14.4 Å². The van der Waals surface area contributed by atoms with Crippen molar-refractivity contribution in [2.45, 2.75) is 71.4 Å². The summed E-state index contributed by atoms with van der Waals surface area (Å²) in [7, 11) is 0. The number of hydrogen-bond acceptors (Lipinski definition) is 4. The first-order valence-corrected chi connectivity index (χ1v) is 12.6. The first-order valence-electron chi connectivity index (χ1n) is 12.6. The molecule has 0 spiro atoms. The molecule has 0 aliphatic carbocycles. The molecule has 0 aliphatic rings. The Kier molecular flexibility index (Phi) is 10.8. The molecule has 5 heteroatoms. The van der Waals surface area contributed by atoms with E-state index in [0.29, 0.717) is 18.0 Å². The summed E-state index contributed by atoms with van der Waals surface area (Å²) in [5.41, 5.74) is 2.90. The van der Waals surface area contributed by atoms with E-state index < -0.39 is 6.17 Å². The molecule has 0 amide bonds. The van der Waals surface area contributed by atoms with Gasteiger partial charge in [0.1, 0.15) is 24.3 Å². The maximum absolute atomic E-state index is 13.9. The van der Waals surface area contributed by atoms with E-state index >= 15 is 0 Å². The first-order chi connectivity index (χ1) is 16.7. The van der Waals surface area contributed by atoms with Crippen LogP contribution in [0.1, 0.15) is 65.2 Å². The quantitative estimate of drug-likeness (QED) is 0.213. The van der Waals surface area contributed by atoms with Crippen LogP contribution in [-0.4, -0.2) is 29.4 Å². The van der Waals surface area contributed by atoms with Crippen LogP contribution in [0, 0.1) is 0 Å². The molecular weight excluding hydrogens is 427 g/mol. The van der Waals surface area contributed by atoms with Gasteiger partial charge < -0.3 is 9.47 Å². The standard InChI is InChI=1S/C29H37FN2O2/c1-3-5-7-9-19-33-27-15-11-23(12-16-27)25-20-31-29(32-21-25)24-13-17-28(18-14-24)34-22-26(30)10-8-6-4-2/h11-18,20-21,26H,3-10,19,22H2,1-2H3. The predicted octanol–water partition coefficient (Wildman–Crippen LogP) is 8.07. The number of nitrogens with zero attached hydrogens (tertiary/aromatic N) is 2. The minimum absolute atomic E-state index is 0.0942. The molecule has 0 N–H and O–H groups in total. The molecule has 1 aromatic heterocycles. The van der Waals surface area contributed by atoms with E-state index in [0.717, 1.165) is 54.7 Å². The molecule has 1 atom stereocenters. The van der Waals surface area contributed by atoms with Crippen LogP contribution >= 0.6 is 0 Å². The topological polar surface area (TPSA) is 44.2 Å². The lowest BCUT2D eigenvalue weighted by Crippen LogP contribution is -2.12. The SMILES string of the molecule is CCCCCCOc1ccc(-c2cnc(-c3ccc(OCC(F)CCCCC)cc3)nc2)cc1. The molecule has 182 valence electrons. The van der Waals surface area contributed by atoms with Gasteiger partial charge in [-0.3, -0.25) is 0 Å². The Morgan fingerprint density at radius 2 is 1.26 bits per heavy atom. The molecule has 0 fully saturated rings. The van der Waals surface area contributed by atoms with E-state index in [2.05, 4.69) is 23.8 Å². The lowest BCUT2D eigenvalue weighted by molar-refractivity contribution is 0.184. The molecule has 3 aromatic rings. The van der Waals surface area contributed by atoms with Crippen molar-refractivity contribution in [1.29, 1.82) is 0 Å². The summed E-state index contributed by atoms with van der Waals surface area (Å²) in [4.78, 5) is 9.06. The van der Waals surface area contributed by atoms with E-state index in [1.54, 1.807) is 0 Å². The van der Waals surface area contributed by atoms with Crippen LogP contribution in [0.3, 0.4) is 0 Å². The zero-order chi connectivity index (χ0) is 24.0. The summed E-state index contributed by atoms with van der Waals surface area (Å²) in [5, 5.41) is 0. The van der Waals surface area contributed by atoms with Gasteiger partial charge in [-0.15, -0.1) is 0 Å². The molecule has 0 bridgehead atoms. The van der Waals surface area contributed by atoms with Gasteiger partial charge >= 0.3 is 0 Å². The second kappa shape index (κ2) is 14.3. The van der Waals surface area contributed by atoms with Crippen LogP contribution < -0.4 is 9.47 Å². The summed E-state index contributed by atoms with van der Waals surface area (Å²) in [6.07, 6.45) is 11.2.